The van der Waals surface area contributed by atoms with E-state index in [4.69, 9.17) is 20.8 Å². The van der Waals surface area contributed by atoms with Gasteiger partial charge in [-0.2, -0.15) is 0 Å². The summed E-state index contributed by atoms with van der Waals surface area (Å²) in [6, 6.07) is 6.61. The van der Waals surface area contributed by atoms with E-state index in [-0.39, 0.29) is 29.1 Å². The normalized spacial score (nSPS) is 14.3. The predicted octanol–water partition coefficient (Wildman–Crippen LogP) is 3.36. The van der Waals surface area contributed by atoms with E-state index in [0.717, 1.165) is 0 Å². The average molecular weight is 336 g/mol. The highest BCUT2D eigenvalue weighted by Crippen LogP contribution is 2.48. The van der Waals surface area contributed by atoms with Gasteiger partial charge in [-0.1, -0.05) is 11.6 Å². The third-order valence-electron chi connectivity index (χ3n) is 3.49. The minimum Gasteiger partial charge on any atom is -0.502 e. The van der Waals surface area contributed by atoms with Gasteiger partial charge in [-0.05, 0) is 30.7 Å². The molecule has 2 heterocycles. The van der Waals surface area contributed by atoms with Crippen LogP contribution in [0.3, 0.4) is 0 Å². The van der Waals surface area contributed by atoms with Gasteiger partial charge < -0.3 is 14.3 Å². The number of ether oxygens (including phenoxy) is 1. The van der Waals surface area contributed by atoms with Crippen molar-refractivity contribution >= 4 is 29.4 Å². The fourth-order valence-electron chi connectivity index (χ4n) is 2.47. The Hall–Kier alpha value is -2.47. The highest BCUT2D eigenvalue weighted by Gasteiger charge is 2.33. The topological polar surface area (TPSA) is 80.0 Å². The van der Waals surface area contributed by atoms with E-state index in [1.54, 1.807) is 24.3 Å². The van der Waals surface area contributed by atoms with Crippen LogP contribution >= 0.6 is 11.6 Å². The second kappa shape index (κ2) is 5.96. The molecule has 0 atom stereocenters. The van der Waals surface area contributed by atoms with Gasteiger partial charge in [-0.15, -0.1) is 0 Å². The minimum absolute atomic E-state index is 0.0464. The number of esters is 1. The molecule has 0 aliphatic carbocycles. The van der Waals surface area contributed by atoms with Gasteiger partial charge in [0.05, 0.1) is 0 Å². The molecule has 1 amide bonds. The van der Waals surface area contributed by atoms with Crippen molar-refractivity contribution in [2.24, 2.45) is 0 Å². The molecule has 7 heteroatoms. The first-order valence-electron chi connectivity index (χ1n) is 7.08. The number of carbonyl (C=O) groups is 2. The van der Waals surface area contributed by atoms with E-state index < -0.39 is 5.97 Å². The Morgan fingerprint density at radius 1 is 1.35 bits per heavy atom. The molecule has 23 heavy (non-hydrogen) atoms. The molecule has 1 aliphatic heterocycles. The highest BCUT2D eigenvalue weighted by molar-refractivity contribution is 6.30. The number of hydrogen-bond acceptors (Lipinski definition) is 5. The van der Waals surface area contributed by atoms with Gasteiger partial charge in [0.25, 0.3) is 5.88 Å². The van der Waals surface area contributed by atoms with Crippen LogP contribution in [0, 0.1) is 0 Å². The Kier molecular flexibility index (Phi) is 4.00. The van der Waals surface area contributed by atoms with E-state index in [2.05, 4.69) is 0 Å². The number of benzene rings is 1. The van der Waals surface area contributed by atoms with Gasteiger partial charge in [-0.25, -0.2) is 0 Å². The summed E-state index contributed by atoms with van der Waals surface area (Å²) in [5.41, 5.74) is 0.554. The summed E-state index contributed by atoms with van der Waals surface area (Å²) in [6.45, 7) is 1.66. The largest absolute Gasteiger partial charge is 0.502 e. The number of nitrogens with zero attached hydrogens (tertiary/aromatic N) is 1. The average Bonchev–Trinajstić information content (AvgIpc) is 3.05. The van der Waals surface area contributed by atoms with Crippen molar-refractivity contribution in [2.75, 3.05) is 11.4 Å². The van der Waals surface area contributed by atoms with Crippen LogP contribution in [0.25, 0.3) is 11.3 Å². The maximum Gasteiger partial charge on any atom is 0.308 e. The molecular weight excluding hydrogens is 322 g/mol. The van der Waals surface area contributed by atoms with Gasteiger partial charge in [0, 0.05) is 30.5 Å². The summed E-state index contributed by atoms with van der Waals surface area (Å²) in [4.78, 5) is 24.6. The van der Waals surface area contributed by atoms with E-state index in [1.165, 1.54) is 11.8 Å². The Morgan fingerprint density at radius 2 is 2.04 bits per heavy atom. The van der Waals surface area contributed by atoms with Crippen LogP contribution in [-0.4, -0.2) is 23.5 Å². The quantitative estimate of drug-likeness (QED) is 0.870. The van der Waals surface area contributed by atoms with Gasteiger partial charge in [-0.3, -0.25) is 14.5 Å². The number of amides is 1. The Morgan fingerprint density at radius 3 is 2.61 bits per heavy atom. The van der Waals surface area contributed by atoms with Crippen LogP contribution in [0.4, 0.5) is 5.88 Å². The second-order valence-corrected chi connectivity index (χ2v) is 5.60. The lowest BCUT2D eigenvalue weighted by atomic mass is 10.1. The molecule has 0 bridgehead atoms. The SMILES string of the molecule is CC(=O)Oc1c(N2CCCC2=O)oc(-c2ccc(Cl)cc2)c1O. The fraction of sp³-hybridized carbons (Fsp3) is 0.250. The molecule has 1 aliphatic rings. The first-order valence-corrected chi connectivity index (χ1v) is 7.45. The van der Waals surface area contributed by atoms with Crippen LogP contribution in [0.15, 0.2) is 28.7 Å². The molecule has 1 aromatic carbocycles. The molecule has 1 fully saturated rings. The maximum absolute atomic E-state index is 11.9. The van der Waals surface area contributed by atoms with Gasteiger partial charge in [0.2, 0.25) is 17.4 Å². The molecule has 0 spiro atoms. The van der Waals surface area contributed by atoms with Crippen LogP contribution in [0.5, 0.6) is 11.5 Å². The molecule has 3 rings (SSSR count). The number of carbonyl (C=O) groups excluding carboxylic acids is 2. The van der Waals surface area contributed by atoms with Crippen LogP contribution in [0.1, 0.15) is 19.8 Å². The van der Waals surface area contributed by atoms with Gasteiger partial charge in [0.1, 0.15) is 0 Å². The number of furan rings is 1. The third-order valence-corrected chi connectivity index (χ3v) is 3.75. The van der Waals surface area contributed by atoms with Gasteiger partial charge in [0.15, 0.2) is 5.76 Å². The van der Waals surface area contributed by atoms with Crippen molar-refractivity contribution in [1.82, 2.24) is 0 Å². The lowest BCUT2D eigenvalue weighted by Gasteiger charge is -2.13. The van der Waals surface area contributed by atoms with Crippen LogP contribution in [0.2, 0.25) is 5.02 Å². The zero-order valence-corrected chi connectivity index (χ0v) is 13.1. The van der Waals surface area contributed by atoms with Crippen molar-refractivity contribution in [1.29, 1.82) is 0 Å². The van der Waals surface area contributed by atoms with Crippen molar-refractivity contribution in [3.63, 3.8) is 0 Å². The molecule has 1 aromatic heterocycles. The first-order chi connectivity index (χ1) is 11.0. The molecule has 6 nitrogen and oxygen atoms in total. The fourth-order valence-corrected chi connectivity index (χ4v) is 2.59. The Bertz CT molecular complexity index is 766. The first kappa shape index (κ1) is 15.4. The van der Waals surface area contributed by atoms with Crippen molar-refractivity contribution in [3.8, 4) is 22.8 Å². The summed E-state index contributed by atoms with van der Waals surface area (Å²) >= 11 is 5.85. The molecular formula is C16H14ClNO5. The number of halogens is 1. The molecule has 1 saturated heterocycles. The van der Waals surface area contributed by atoms with Crippen molar-refractivity contribution < 1.29 is 23.8 Å². The van der Waals surface area contributed by atoms with Gasteiger partial charge >= 0.3 is 5.97 Å². The zero-order valence-electron chi connectivity index (χ0n) is 12.3. The minimum atomic E-state index is -0.614. The monoisotopic (exact) mass is 335 g/mol. The summed E-state index contributed by atoms with van der Waals surface area (Å²) in [7, 11) is 0. The van der Waals surface area contributed by atoms with E-state index >= 15 is 0 Å². The molecule has 0 saturated carbocycles. The number of aromatic hydroxyl groups is 1. The van der Waals surface area contributed by atoms with Crippen molar-refractivity contribution in [2.45, 2.75) is 19.8 Å². The Labute approximate surface area is 137 Å². The predicted molar refractivity (Wildman–Crippen MR) is 83.7 cm³/mol. The molecule has 0 radical (unpaired) electrons. The summed E-state index contributed by atoms with van der Waals surface area (Å²) < 4.78 is 10.7. The molecule has 0 unspecified atom stereocenters. The standard InChI is InChI=1S/C16H14ClNO5/c1-9(19)22-15-13(21)14(10-4-6-11(17)7-5-10)23-16(15)18-8-2-3-12(18)20/h4-7,21H,2-3,8H2,1H3. The number of rotatable bonds is 3. The molecule has 120 valence electrons. The summed E-state index contributed by atoms with van der Waals surface area (Å²) in [6.07, 6.45) is 1.06. The lowest BCUT2D eigenvalue weighted by molar-refractivity contribution is -0.132. The number of anilines is 1. The van der Waals surface area contributed by atoms with E-state index in [1.807, 2.05) is 0 Å². The second-order valence-electron chi connectivity index (χ2n) is 5.16. The summed E-state index contributed by atoms with van der Waals surface area (Å²) in [5, 5.41) is 10.9. The number of hydrogen-bond donors (Lipinski definition) is 1. The maximum atomic E-state index is 11.9. The zero-order chi connectivity index (χ0) is 16.6. The summed E-state index contributed by atoms with van der Waals surface area (Å²) in [5.74, 6) is -1.06. The van der Waals surface area contributed by atoms with E-state index in [9.17, 15) is 14.7 Å². The molecule has 2 aromatic rings. The van der Waals surface area contributed by atoms with Crippen LogP contribution < -0.4 is 9.64 Å². The van der Waals surface area contributed by atoms with Crippen molar-refractivity contribution in [3.05, 3.63) is 29.3 Å². The highest BCUT2D eigenvalue weighted by atomic mass is 35.5. The lowest BCUT2D eigenvalue weighted by Crippen LogP contribution is -2.24. The van der Waals surface area contributed by atoms with Crippen LogP contribution in [-0.2, 0) is 9.59 Å². The van der Waals surface area contributed by atoms with E-state index in [0.29, 0.717) is 30.0 Å². The Balaban J connectivity index is 2.11. The third kappa shape index (κ3) is 2.90. The smallest absolute Gasteiger partial charge is 0.308 e. The molecule has 1 N–H and O–H groups in total.